The Balaban J connectivity index is 2.06. The molecule has 0 radical (unpaired) electrons. The Bertz CT molecular complexity index is 865. The molecule has 2 aromatic rings. The molecule has 0 unspecified atom stereocenters. The van der Waals surface area contributed by atoms with Gasteiger partial charge in [-0.3, -0.25) is 9.59 Å². The van der Waals surface area contributed by atoms with Crippen LogP contribution in [-0.2, 0) is 19.7 Å². The van der Waals surface area contributed by atoms with Crippen LogP contribution < -0.4 is 10.2 Å². The predicted molar refractivity (Wildman–Crippen MR) is 114 cm³/mol. The number of benzene rings is 2. The summed E-state index contributed by atoms with van der Waals surface area (Å²) in [5, 5.41) is 2.75. The average Bonchev–Trinajstić information content (AvgIpc) is 2.66. The van der Waals surface area contributed by atoms with Gasteiger partial charge in [0, 0.05) is 18.3 Å². The van der Waals surface area contributed by atoms with E-state index in [4.69, 9.17) is 4.74 Å². The second-order valence-corrected chi connectivity index (χ2v) is 7.75. The molecule has 0 heterocycles. The Morgan fingerprint density at radius 2 is 1.55 bits per heavy atom. The summed E-state index contributed by atoms with van der Waals surface area (Å²) in [7, 11) is 0. The normalized spacial score (nSPS) is 10.9. The predicted octanol–water partition coefficient (Wildman–Crippen LogP) is 4.15. The number of carbonyl (C=O) groups excluding carboxylic acids is 3. The third kappa shape index (κ3) is 6.17. The van der Waals surface area contributed by atoms with Gasteiger partial charge in [-0.1, -0.05) is 32.9 Å². The van der Waals surface area contributed by atoms with Gasteiger partial charge in [-0.2, -0.15) is 0 Å². The highest BCUT2D eigenvalue weighted by Crippen LogP contribution is 2.25. The fourth-order valence-electron chi connectivity index (χ4n) is 2.77. The summed E-state index contributed by atoms with van der Waals surface area (Å²) in [6, 6.07) is 14.1. The Morgan fingerprint density at radius 1 is 0.966 bits per heavy atom. The van der Waals surface area contributed by atoms with E-state index in [1.807, 2.05) is 24.3 Å². The molecule has 154 valence electrons. The van der Waals surface area contributed by atoms with Crippen LogP contribution in [0.15, 0.2) is 48.5 Å². The van der Waals surface area contributed by atoms with Crippen LogP contribution in [0.3, 0.4) is 0 Å². The van der Waals surface area contributed by atoms with Gasteiger partial charge in [0.15, 0.2) is 0 Å². The standard InChI is InChI=1S/C23H28N2O4/c1-6-29-22(28)17-7-11-19(12-8-17)24-21(27)15-25(16(2)26)20-13-9-18(10-14-20)23(3,4)5/h7-14H,6,15H2,1-5H3,(H,24,27). The van der Waals surface area contributed by atoms with Crippen molar-refractivity contribution in [2.75, 3.05) is 23.4 Å². The van der Waals surface area contributed by atoms with Crippen LogP contribution >= 0.6 is 0 Å². The van der Waals surface area contributed by atoms with Crippen molar-refractivity contribution in [1.29, 1.82) is 0 Å². The molecule has 2 amide bonds. The van der Waals surface area contributed by atoms with Gasteiger partial charge in [0.1, 0.15) is 6.54 Å². The fraction of sp³-hybridized carbons (Fsp3) is 0.348. The van der Waals surface area contributed by atoms with Crippen LogP contribution in [0.1, 0.15) is 50.5 Å². The summed E-state index contributed by atoms with van der Waals surface area (Å²) in [5.74, 6) is -0.961. The van der Waals surface area contributed by atoms with Gasteiger partial charge < -0.3 is 15.0 Å². The Morgan fingerprint density at radius 3 is 2.03 bits per heavy atom. The van der Waals surface area contributed by atoms with Crippen molar-refractivity contribution in [1.82, 2.24) is 0 Å². The summed E-state index contributed by atoms with van der Waals surface area (Å²) in [5.41, 5.74) is 2.77. The number of nitrogens with one attached hydrogen (secondary N) is 1. The minimum atomic E-state index is -0.410. The van der Waals surface area contributed by atoms with E-state index in [1.165, 1.54) is 11.8 Å². The largest absolute Gasteiger partial charge is 0.462 e. The lowest BCUT2D eigenvalue weighted by atomic mass is 9.87. The van der Waals surface area contributed by atoms with E-state index in [-0.39, 0.29) is 23.8 Å². The second kappa shape index (κ2) is 9.37. The molecule has 6 heteroatoms. The molecule has 0 aliphatic rings. The zero-order chi connectivity index (χ0) is 21.6. The van der Waals surface area contributed by atoms with E-state index in [1.54, 1.807) is 31.2 Å². The van der Waals surface area contributed by atoms with Gasteiger partial charge in [-0.05, 0) is 54.3 Å². The van der Waals surface area contributed by atoms with Crippen LogP contribution in [0, 0.1) is 0 Å². The lowest BCUT2D eigenvalue weighted by molar-refractivity contribution is -0.120. The molecular formula is C23H28N2O4. The van der Waals surface area contributed by atoms with Crippen molar-refractivity contribution < 1.29 is 19.1 Å². The second-order valence-electron chi connectivity index (χ2n) is 7.75. The molecule has 0 saturated heterocycles. The molecular weight excluding hydrogens is 368 g/mol. The highest BCUT2D eigenvalue weighted by Gasteiger charge is 2.18. The first-order valence-corrected chi connectivity index (χ1v) is 9.57. The molecule has 0 atom stereocenters. The molecule has 29 heavy (non-hydrogen) atoms. The summed E-state index contributed by atoms with van der Waals surface area (Å²) >= 11 is 0. The van der Waals surface area contributed by atoms with Crippen LogP contribution in [0.5, 0.6) is 0 Å². The van der Waals surface area contributed by atoms with Crippen molar-refractivity contribution in [3.8, 4) is 0 Å². The minimum absolute atomic E-state index is 0.00662. The number of ether oxygens (including phenoxy) is 1. The highest BCUT2D eigenvalue weighted by molar-refractivity contribution is 6.02. The number of rotatable bonds is 6. The van der Waals surface area contributed by atoms with Crippen LogP contribution in [-0.4, -0.2) is 30.9 Å². The fourth-order valence-corrected chi connectivity index (χ4v) is 2.77. The summed E-state index contributed by atoms with van der Waals surface area (Å²) < 4.78 is 4.94. The van der Waals surface area contributed by atoms with Gasteiger partial charge in [0.2, 0.25) is 11.8 Å². The van der Waals surface area contributed by atoms with Gasteiger partial charge >= 0.3 is 5.97 Å². The maximum absolute atomic E-state index is 12.5. The number of carbonyl (C=O) groups is 3. The number of hydrogen-bond donors (Lipinski definition) is 1. The quantitative estimate of drug-likeness (QED) is 0.744. The number of hydrogen-bond acceptors (Lipinski definition) is 4. The van der Waals surface area contributed by atoms with Crippen molar-refractivity contribution in [3.63, 3.8) is 0 Å². The van der Waals surface area contributed by atoms with E-state index in [2.05, 4.69) is 26.1 Å². The smallest absolute Gasteiger partial charge is 0.338 e. The van der Waals surface area contributed by atoms with Gasteiger partial charge in [0.25, 0.3) is 0 Å². The maximum atomic E-state index is 12.5. The molecule has 1 N–H and O–H groups in total. The van der Waals surface area contributed by atoms with E-state index in [9.17, 15) is 14.4 Å². The van der Waals surface area contributed by atoms with E-state index in [0.717, 1.165) is 5.56 Å². The molecule has 0 spiro atoms. The lowest BCUT2D eigenvalue weighted by Crippen LogP contribution is -2.36. The Hall–Kier alpha value is -3.15. The van der Waals surface area contributed by atoms with Crippen molar-refractivity contribution >= 4 is 29.2 Å². The SMILES string of the molecule is CCOC(=O)c1ccc(NC(=O)CN(C(C)=O)c2ccc(C(C)(C)C)cc2)cc1. The lowest BCUT2D eigenvalue weighted by Gasteiger charge is -2.23. The van der Waals surface area contributed by atoms with Crippen LogP contribution in [0.4, 0.5) is 11.4 Å². The molecule has 0 aliphatic heterocycles. The van der Waals surface area contributed by atoms with Crippen molar-refractivity contribution in [2.24, 2.45) is 0 Å². The molecule has 2 rings (SSSR count). The maximum Gasteiger partial charge on any atom is 0.338 e. The average molecular weight is 396 g/mol. The Kier molecular flexibility index (Phi) is 7.15. The van der Waals surface area contributed by atoms with Gasteiger partial charge in [0.05, 0.1) is 12.2 Å². The third-order valence-electron chi connectivity index (χ3n) is 4.41. The highest BCUT2D eigenvalue weighted by atomic mass is 16.5. The molecule has 2 aromatic carbocycles. The Labute approximate surface area is 171 Å². The first-order valence-electron chi connectivity index (χ1n) is 9.57. The molecule has 0 saturated carbocycles. The molecule has 6 nitrogen and oxygen atoms in total. The zero-order valence-corrected chi connectivity index (χ0v) is 17.6. The van der Waals surface area contributed by atoms with Crippen molar-refractivity contribution in [2.45, 2.75) is 40.0 Å². The minimum Gasteiger partial charge on any atom is -0.462 e. The number of esters is 1. The van der Waals surface area contributed by atoms with Crippen LogP contribution in [0.25, 0.3) is 0 Å². The number of amides is 2. The van der Waals surface area contributed by atoms with Crippen LogP contribution in [0.2, 0.25) is 0 Å². The van der Waals surface area contributed by atoms with E-state index in [0.29, 0.717) is 23.5 Å². The monoisotopic (exact) mass is 396 g/mol. The van der Waals surface area contributed by atoms with Gasteiger partial charge in [-0.15, -0.1) is 0 Å². The summed E-state index contributed by atoms with van der Waals surface area (Å²) in [6.45, 7) is 9.71. The molecule has 0 aromatic heterocycles. The van der Waals surface area contributed by atoms with Crippen molar-refractivity contribution in [3.05, 3.63) is 59.7 Å². The number of nitrogens with zero attached hydrogens (tertiary/aromatic N) is 1. The molecule has 0 fully saturated rings. The van der Waals surface area contributed by atoms with E-state index < -0.39 is 5.97 Å². The molecule has 0 aliphatic carbocycles. The number of anilines is 2. The topological polar surface area (TPSA) is 75.7 Å². The molecule has 0 bridgehead atoms. The summed E-state index contributed by atoms with van der Waals surface area (Å²) in [4.78, 5) is 37.7. The third-order valence-corrected chi connectivity index (χ3v) is 4.41. The first-order chi connectivity index (χ1) is 13.6. The van der Waals surface area contributed by atoms with E-state index >= 15 is 0 Å². The summed E-state index contributed by atoms with van der Waals surface area (Å²) in [6.07, 6.45) is 0. The zero-order valence-electron chi connectivity index (χ0n) is 17.6. The first kappa shape index (κ1) is 22.1. The van der Waals surface area contributed by atoms with Gasteiger partial charge in [-0.25, -0.2) is 4.79 Å².